The number of esters is 1. The van der Waals surface area contributed by atoms with Gasteiger partial charge in [-0.05, 0) is 62.4 Å². The van der Waals surface area contributed by atoms with Crippen molar-refractivity contribution >= 4 is 34.7 Å². The SMILES string of the molecule is COC(=O)C1CCC(OC[C@@H]2C[C@H](F)CN2C(=O)Cc2ccc3nc(Nc4ccc(F)cc4C)oc3c2F)CC1. The number of amides is 1. The van der Waals surface area contributed by atoms with Crippen LogP contribution in [0, 0.1) is 24.5 Å². The number of hydrogen-bond donors (Lipinski definition) is 1. The zero-order chi connectivity index (χ0) is 28.4. The molecule has 2 heterocycles. The van der Waals surface area contributed by atoms with Gasteiger partial charge in [-0.15, -0.1) is 0 Å². The van der Waals surface area contributed by atoms with E-state index in [1.807, 2.05) is 0 Å². The Morgan fingerprint density at radius 2 is 1.93 bits per heavy atom. The third-order valence-corrected chi connectivity index (χ3v) is 7.77. The summed E-state index contributed by atoms with van der Waals surface area (Å²) >= 11 is 0. The number of carbonyl (C=O) groups excluding carboxylic acids is 2. The second kappa shape index (κ2) is 11.9. The maximum Gasteiger partial charge on any atom is 0.308 e. The van der Waals surface area contributed by atoms with Gasteiger partial charge in [0, 0.05) is 17.7 Å². The highest BCUT2D eigenvalue weighted by molar-refractivity contribution is 5.83. The van der Waals surface area contributed by atoms with Gasteiger partial charge in [0.1, 0.15) is 17.5 Å². The Kier molecular flexibility index (Phi) is 8.30. The summed E-state index contributed by atoms with van der Waals surface area (Å²) in [6, 6.07) is 6.78. The topological polar surface area (TPSA) is 93.9 Å². The predicted octanol–water partition coefficient (Wildman–Crippen LogP) is 5.39. The molecule has 1 saturated heterocycles. The normalized spacial score (nSPS) is 23.0. The zero-order valence-electron chi connectivity index (χ0n) is 22.4. The molecule has 1 aromatic heterocycles. The number of aryl methyl sites for hydroxylation is 1. The number of carbonyl (C=O) groups is 2. The Morgan fingerprint density at radius 3 is 2.65 bits per heavy atom. The molecule has 0 radical (unpaired) electrons. The summed E-state index contributed by atoms with van der Waals surface area (Å²) in [5.41, 5.74) is 1.44. The molecule has 1 saturated carbocycles. The Morgan fingerprint density at radius 1 is 1.15 bits per heavy atom. The molecular weight excluding hydrogens is 527 g/mol. The fourth-order valence-corrected chi connectivity index (χ4v) is 5.54. The molecule has 40 heavy (non-hydrogen) atoms. The van der Waals surface area contributed by atoms with Gasteiger partial charge in [-0.25, -0.2) is 13.2 Å². The Hall–Kier alpha value is -3.60. The number of likely N-dealkylation sites (tertiary alicyclic amines) is 1. The minimum Gasteiger partial charge on any atom is -0.469 e. The molecule has 2 aliphatic rings. The molecule has 1 aliphatic heterocycles. The molecule has 3 aromatic rings. The molecule has 1 amide bonds. The number of hydrogen-bond acceptors (Lipinski definition) is 7. The summed E-state index contributed by atoms with van der Waals surface area (Å²) in [7, 11) is 1.38. The second-order valence-electron chi connectivity index (χ2n) is 10.5. The fraction of sp³-hybridized carbons (Fsp3) is 0.483. The first-order valence-electron chi connectivity index (χ1n) is 13.5. The summed E-state index contributed by atoms with van der Waals surface area (Å²) in [5.74, 6) is -1.83. The lowest BCUT2D eigenvalue weighted by Crippen LogP contribution is -2.40. The summed E-state index contributed by atoms with van der Waals surface area (Å²) in [6.45, 7) is 1.83. The Labute approximate surface area is 229 Å². The number of aromatic nitrogens is 1. The van der Waals surface area contributed by atoms with E-state index in [0.29, 0.717) is 36.9 Å². The van der Waals surface area contributed by atoms with Crippen LogP contribution in [0.5, 0.6) is 0 Å². The van der Waals surface area contributed by atoms with Gasteiger partial charge in [0.05, 0.1) is 44.7 Å². The average Bonchev–Trinajstić information content (AvgIpc) is 3.53. The molecule has 1 N–H and O–H groups in total. The van der Waals surface area contributed by atoms with E-state index in [4.69, 9.17) is 13.9 Å². The van der Waals surface area contributed by atoms with E-state index in [0.717, 1.165) is 0 Å². The summed E-state index contributed by atoms with van der Waals surface area (Å²) in [5, 5.41) is 2.92. The molecule has 0 spiro atoms. The number of methoxy groups -OCH3 is 1. The standard InChI is InChI=1S/C29H32F3N3O5/c1-16-11-19(30)6-10-23(16)33-29-34-24-9-5-18(26(32)27(24)40-29)12-25(36)35-14-20(31)13-21(35)15-39-22-7-3-17(4-8-22)28(37)38-2/h5-6,9-11,17,20-22H,3-4,7-8,12-15H2,1-2H3,(H,33,34)/t17?,20-,21-,22?/m0/s1. The van der Waals surface area contributed by atoms with E-state index in [2.05, 4.69) is 10.3 Å². The molecular formula is C29H32F3N3O5. The molecule has 214 valence electrons. The molecule has 0 bridgehead atoms. The van der Waals surface area contributed by atoms with Gasteiger partial charge < -0.3 is 24.1 Å². The molecule has 2 aromatic carbocycles. The van der Waals surface area contributed by atoms with Crippen LogP contribution >= 0.6 is 0 Å². The van der Waals surface area contributed by atoms with Crippen molar-refractivity contribution in [2.24, 2.45) is 5.92 Å². The maximum absolute atomic E-state index is 15.4. The predicted molar refractivity (Wildman–Crippen MR) is 141 cm³/mol. The van der Waals surface area contributed by atoms with Crippen molar-refractivity contribution in [2.75, 3.05) is 25.6 Å². The van der Waals surface area contributed by atoms with E-state index in [1.54, 1.807) is 13.0 Å². The average molecular weight is 560 g/mol. The quantitative estimate of drug-likeness (QED) is 0.370. The number of fused-ring (bicyclic) bond motifs is 1. The number of ether oxygens (including phenoxy) is 2. The first kappa shape index (κ1) is 27.9. The lowest BCUT2D eigenvalue weighted by molar-refractivity contribution is -0.148. The number of oxazole rings is 1. The van der Waals surface area contributed by atoms with Gasteiger partial charge >= 0.3 is 5.97 Å². The summed E-state index contributed by atoms with van der Waals surface area (Å²) in [6.07, 6.45) is 1.36. The zero-order valence-corrected chi connectivity index (χ0v) is 22.4. The van der Waals surface area contributed by atoms with Crippen LogP contribution < -0.4 is 5.32 Å². The summed E-state index contributed by atoms with van der Waals surface area (Å²) < 4.78 is 59.5. The lowest BCUT2D eigenvalue weighted by Gasteiger charge is -2.30. The van der Waals surface area contributed by atoms with E-state index in [1.165, 1.54) is 36.3 Å². The Bertz CT molecular complexity index is 1390. The molecule has 1 aliphatic carbocycles. The van der Waals surface area contributed by atoms with Crippen LogP contribution in [-0.4, -0.2) is 60.3 Å². The van der Waals surface area contributed by atoms with Crippen LogP contribution in [0.25, 0.3) is 11.1 Å². The number of alkyl halides is 1. The molecule has 0 unspecified atom stereocenters. The maximum atomic E-state index is 15.4. The number of nitrogens with one attached hydrogen (secondary N) is 1. The van der Waals surface area contributed by atoms with Gasteiger partial charge in [0.2, 0.25) is 5.91 Å². The van der Waals surface area contributed by atoms with Crippen molar-refractivity contribution < 1.29 is 36.7 Å². The van der Waals surface area contributed by atoms with Gasteiger partial charge in [-0.2, -0.15) is 4.98 Å². The molecule has 5 rings (SSSR count). The lowest BCUT2D eigenvalue weighted by atomic mass is 9.87. The highest BCUT2D eigenvalue weighted by Gasteiger charge is 2.37. The minimum atomic E-state index is -1.18. The van der Waals surface area contributed by atoms with Gasteiger partial charge in [-0.3, -0.25) is 9.59 Å². The van der Waals surface area contributed by atoms with Crippen molar-refractivity contribution in [1.82, 2.24) is 9.88 Å². The van der Waals surface area contributed by atoms with Gasteiger partial charge in [0.15, 0.2) is 11.4 Å². The summed E-state index contributed by atoms with van der Waals surface area (Å²) in [4.78, 5) is 30.6. The second-order valence-corrected chi connectivity index (χ2v) is 10.5. The van der Waals surface area contributed by atoms with Crippen LogP contribution in [0.3, 0.4) is 0 Å². The van der Waals surface area contributed by atoms with Crippen LogP contribution in [0.2, 0.25) is 0 Å². The van der Waals surface area contributed by atoms with Crippen molar-refractivity contribution in [3.63, 3.8) is 0 Å². The first-order valence-corrected chi connectivity index (χ1v) is 13.5. The molecule has 2 fully saturated rings. The number of benzene rings is 2. The third-order valence-electron chi connectivity index (χ3n) is 7.77. The van der Waals surface area contributed by atoms with E-state index < -0.39 is 23.9 Å². The van der Waals surface area contributed by atoms with E-state index in [9.17, 15) is 18.4 Å². The monoisotopic (exact) mass is 559 g/mol. The van der Waals surface area contributed by atoms with Crippen LogP contribution in [0.4, 0.5) is 24.9 Å². The highest BCUT2D eigenvalue weighted by atomic mass is 19.1. The number of anilines is 2. The molecule has 2 atom stereocenters. The number of nitrogens with zero attached hydrogens (tertiary/aromatic N) is 2. The molecule has 11 heteroatoms. The third kappa shape index (κ3) is 6.09. The fourth-order valence-electron chi connectivity index (χ4n) is 5.54. The van der Waals surface area contributed by atoms with Crippen molar-refractivity contribution in [1.29, 1.82) is 0 Å². The van der Waals surface area contributed by atoms with Crippen LogP contribution in [0.15, 0.2) is 34.7 Å². The van der Waals surface area contributed by atoms with E-state index in [-0.39, 0.29) is 72.5 Å². The minimum absolute atomic E-state index is 0.0322. The van der Waals surface area contributed by atoms with Crippen molar-refractivity contribution in [3.05, 3.63) is 53.1 Å². The number of rotatable bonds is 8. The molecule has 8 nitrogen and oxygen atoms in total. The van der Waals surface area contributed by atoms with Gasteiger partial charge in [-0.1, -0.05) is 6.07 Å². The van der Waals surface area contributed by atoms with Crippen molar-refractivity contribution in [3.8, 4) is 0 Å². The first-order chi connectivity index (χ1) is 19.2. The van der Waals surface area contributed by atoms with E-state index >= 15 is 4.39 Å². The van der Waals surface area contributed by atoms with Gasteiger partial charge in [0.25, 0.3) is 6.01 Å². The highest BCUT2D eigenvalue weighted by Crippen LogP contribution is 2.31. The number of halogens is 3. The smallest absolute Gasteiger partial charge is 0.308 e. The largest absolute Gasteiger partial charge is 0.469 e. The van der Waals surface area contributed by atoms with Crippen LogP contribution in [0.1, 0.15) is 43.2 Å². The van der Waals surface area contributed by atoms with Crippen molar-refractivity contribution in [2.45, 2.75) is 63.8 Å². The Balaban J connectivity index is 1.21. The van der Waals surface area contributed by atoms with Crippen LogP contribution in [-0.2, 0) is 25.5 Å².